The second kappa shape index (κ2) is 11.8. The van der Waals surface area contributed by atoms with Crippen molar-refractivity contribution < 1.29 is 23.9 Å². The molecule has 0 radical (unpaired) electrons. The molecule has 0 saturated heterocycles. The van der Waals surface area contributed by atoms with Crippen LogP contribution in [0.2, 0.25) is 0 Å². The van der Waals surface area contributed by atoms with E-state index in [-0.39, 0.29) is 5.78 Å². The Labute approximate surface area is 219 Å². The van der Waals surface area contributed by atoms with Crippen LogP contribution < -0.4 is 10.6 Å². The maximum Gasteiger partial charge on any atom is 0.415 e. The number of nitrogens with two attached hydrogens (primary N) is 1. The number of ketones is 1. The van der Waals surface area contributed by atoms with Gasteiger partial charge in [-0.1, -0.05) is 13.0 Å². The number of aromatic nitrogens is 2. The molecule has 11 heteroatoms. The Balaban J connectivity index is 0.000000493. The van der Waals surface area contributed by atoms with Gasteiger partial charge in [0.1, 0.15) is 16.7 Å². The maximum atomic E-state index is 13.0. The van der Waals surface area contributed by atoms with Crippen molar-refractivity contribution in [2.75, 3.05) is 4.90 Å². The van der Waals surface area contributed by atoms with E-state index in [4.69, 9.17) is 10.5 Å². The predicted molar refractivity (Wildman–Crippen MR) is 144 cm³/mol. The highest BCUT2D eigenvalue weighted by atomic mass is 32.1. The van der Waals surface area contributed by atoms with Crippen molar-refractivity contribution in [2.24, 2.45) is 5.73 Å². The van der Waals surface area contributed by atoms with Gasteiger partial charge in [0.15, 0.2) is 5.78 Å². The molecule has 9 nitrogen and oxygen atoms in total. The number of primary amides is 1. The number of hydrogen-bond acceptors (Lipinski definition) is 9. The summed E-state index contributed by atoms with van der Waals surface area (Å²) in [5.74, 6) is 0.0634. The van der Waals surface area contributed by atoms with Gasteiger partial charge in [-0.05, 0) is 65.5 Å². The molecule has 3 aromatic rings. The molecule has 3 aromatic heterocycles. The molecule has 3 heterocycles. The average Bonchev–Trinajstić information content (AvgIpc) is 3.37. The molecule has 0 unspecified atom stereocenters. The monoisotopic (exact) mass is 534 g/mol. The smallest absolute Gasteiger partial charge is 0.415 e. The first-order valence-corrected chi connectivity index (χ1v) is 13.1. The van der Waals surface area contributed by atoms with E-state index in [1.54, 1.807) is 43.2 Å². The fraction of sp³-hybridized carbons (Fsp3) is 0.480. The molecule has 0 aliphatic heterocycles. The van der Waals surface area contributed by atoms with Gasteiger partial charge in [0.25, 0.3) is 0 Å². The molecule has 0 aliphatic carbocycles. The number of aryl methyl sites for hydroxylation is 1. The van der Waals surface area contributed by atoms with Crippen LogP contribution in [0, 0.1) is 6.92 Å². The molecule has 0 bridgehead atoms. The van der Waals surface area contributed by atoms with Gasteiger partial charge in [-0.2, -0.15) is 5.10 Å². The van der Waals surface area contributed by atoms with Crippen molar-refractivity contribution >= 4 is 56.5 Å². The summed E-state index contributed by atoms with van der Waals surface area (Å²) in [4.78, 5) is 38.6. The lowest BCUT2D eigenvalue weighted by molar-refractivity contribution is 0.0573. The molecule has 36 heavy (non-hydrogen) atoms. The van der Waals surface area contributed by atoms with Crippen LogP contribution in [-0.4, -0.2) is 39.4 Å². The Bertz CT molecular complexity index is 1210. The molecule has 0 atom stereocenters. The minimum absolute atomic E-state index is 0.0634. The van der Waals surface area contributed by atoms with Gasteiger partial charge in [-0.3, -0.25) is 9.69 Å². The largest absolute Gasteiger partial charge is 0.444 e. The first-order valence-electron chi connectivity index (χ1n) is 11.4. The highest BCUT2D eigenvalue weighted by molar-refractivity contribution is 7.21. The van der Waals surface area contributed by atoms with E-state index in [0.29, 0.717) is 29.0 Å². The van der Waals surface area contributed by atoms with Crippen LogP contribution in [0.1, 0.15) is 75.0 Å². The molecular formula is C25H34N4O5S2. The Kier molecular flexibility index (Phi) is 9.56. The van der Waals surface area contributed by atoms with E-state index in [9.17, 15) is 14.4 Å². The number of Topliss-reactive ketones (excluding diaryl/α,β-unsaturated/α-hetero) is 1. The number of rotatable bonds is 5. The lowest BCUT2D eigenvalue weighted by atomic mass is 10.1. The van der Waals surface area contributed by atoms with Crippen LogP contribution in [0.25, 0.3) is 10.2 Å². The predicted octanol–water partition coefficient (Wildman–Crippen LogP) is 6.48. The van der Waals surface area contributed by atoms with Crippen molar-refractivity contribution in [1.82, 2.24) is 10.2 Å². The zero-order valence-corrected chi connectivity index (χ0v) is 23.6. The van der Waals surface area contributed by atoms with Gasteiger partial charge in [-0.15, -0.1) is 27.8 Å². The maximum absolute atomic E-state index is 13.0. The van der Waals surface area contributed by atoms with Crippen molar-refractivity contribution in [1.29, 1.82) is 0 Å². The zero-order valence-electron chi connectivity index (χ0n) is 22.0. The van der Waals surface area contributed by atoms with Crippen molar-refractivity contribution in [3.8, 4) is 0 Å². The number of carbonyl (C=O) groups excluding carboxylic acids is 3. The van der Waals surface area contributed by atoms with Gasteiger partial charge in [0.2, 0.25) is 0 Å². The van der Waals surface area contributed by atoms with Gasteiger partial charge in [-0.25, -0.2) is 9.59 Å². The van der Waals surface area contributed by atoms with E-state index in [1.807, 2.05) is 52.1 Å². The van der Waals surface area contributed by atoms with E-state index in [1.165, 1.54) is 11.3 Å². The van der Waals surface area contributed by atoms with Crippen LogP contribution in [0.3, 0.4) is 0 Å². The fourth-order valence-corrected chi connectivity index (χ4v) is 5.01. The lowest BCUT2D eigenvalue weighted by Gasteiger charge is -2.27. The first kappa shape index (κ1) is 29.2. The van der Waals surface area contributed by atoms with E-state index in [2.05, 4.69) is 14.9 Å². The second-order valence-corrected chi connectivity index (χ2v) is 12.0. The molecule has 2 amide bonds. The summed E-state index contributed by atoms with van der Waals surface area (Å²) in [5, 5.41) is 10.3. The third kappa shape index (κ3) is 8.27. The van der Waals surface area contributed by atoms with Crippen molar-refractivity contribution in [2.45, 2.75) is 79.6 Å². The molecule has 0 spiro atoms. The van der Waals surface area contributed by atoms with E-state index in [0.717, 1.165) is 15.1 Å². The Morgan fingerprint density at radius 1 is 1.08 bits per heavy atom. The highest BCUT2D eigenvalue weighted by Crippen LogP contribution is 2.37. The molecular weight excluding hydrogens is 500 g/mol. The summed E-state index contributed by atoms with van der Waals surface area (Å²) < 4.78 is 11.0. The SMILES string of the molecule is CC(C)(C)OC(N)=O.CCC(=O)c1sc2c(N(Cc3cccs3)C(=O)OC(C)(C)C)cnnc2c1C. The fourth-order valence-electron chi connectivity index (χ4n) is 3.04. The minimum Gasteiger partial charge on any atom is -0.444 e. The Hall–Kier alpha value is -3.05. The molecule has 0 fully saturated rings. The lowest BCUT2D eigenvalue weighted by Crippen LogP contribution is -2.36. The summed E-state index contributed by atoms with van der Waals surface area (Å²) in [6, 6.07) is 3.92. The molecule has 0 saturated carbocycles. The zero-order chi connectivity index (χ0) is 27.3. The van der Waals surface area contributed by atoms with Crippen LogP contribution in [0.5, 0.6) is 0 Å². The van der Waals surface area contributed by atoms with Crippen molar-refractivity contribution in [3.05, 3.63) is 39.0 Å². The molecule has 0 aromatic carbocycles. The molecule has 0 aliphatic rings. The van der Waals surface area contributed by atoms with Gasteiger partial charge >= 0.3 is 12.2 Å². The van der Waals surface area contributed by atoms with Crippen molar-refractivity contribution in [3.63, 3.8) is 0 Å². The van der Waals surface area contributed by atoms with Gasteiger partial charge < -0.3 is 15.2 Å². The number of ether oxygens (including phenoxy) is 2. The number of fused-ring (bicyclic) bond motifs is 1. The normalized spacial score (nSPS) is 11.4. The standard InChI is InChI=1S/C20H23N3O3S2.C5H11NO2/c1-6-15(24)17-12(2)16-18(28-17)14(10-21-22-16)23(11-13-8-7-9-27-13)19(25)26-20(3,4)5;1-5(2,3)8-4(6)7/h7-10H,6,11H2,1-5H3;1-3H3,(H2,6,7). The van der Waals surface area contributed by atoms with E-state index >= 15 is 0 Å². The topological polar surface area (TPSA) is 125 Å². The number of nitrogens with zero attached hydrogens (tertiary/aromatic N) is 3. The summed E-state index contributed by atoms with van der Waals surface area (Å²) in [6.45, 7) is 14.9. The summed E-state index contributed by atoms with van der Waals surface area (Å²) in [7, 11) is 0. The van der Waals surface area contributed by atoms with Crippen LogP contribution >= 0.6 is 22.7 Å². The summed E-state index contributed by atoms with van der Waals surface area (Å²) in [6.07, 6.45) is 0.805. The number of anilines is 1. The van der Waals surface area contributed by atoms with Crippen LogP contribution in [0.4, 0.5) is 15.3 Å². The first-order chi connectivity index (χ1) is 16.6. The third-order valence-electron chi connectivity index (χ3n) is 4.47. The molecule has 2 N–H and O–H groups in total. The number of amides is 2. The Morgan fingerprint density at radius 3 is 2.19 bits per heavy atom. The van der Waals surface area contributed by atoms with Crippen LogP contribution in [0.15, 0.2) is 23.7 Å². The van der Waals surface area contributed by atoms with E-state index < -0.39 is 23.4 Å². The highest BCUT2D eigenvalue weighted by Gasteiger charge is 2.28. The number of thiophene rings is 2. The number of hydrogen-bond donors (Lipinski definition) is 1. The molecule has 196 valence electrons. The van der Waals surface area contributed by atoms with Crippen LogP contribution in [-0.2, 0) is 16.0 Å². The average molecular weight is 535 g/mol. The van der Waals surface area contributed by atoms with Gasteiger partial charge in [0, 0.05) is 11.3 Å². The summed E-state index contributed by atoms with van der Waals surface area (Å²) in [5.41, 5.74) is 5.71. The molecule has 3 rings (SSSR count). The van der Waals surface area contributed by atoms with Gasteiger partial charge in [0.05, 0.1) is 28.0 Å². The Morgan fingerprint density at radius 2 is 1.72 bits per heavy atom. The third-order valence-corrected chi connectivity index (χ3v) is 6.67. The quantitative estimate of drug-likeness (QED) is 0.372. The second-order valence-electron chi connectivity index (χ2n) is 9.92. The number of carbonyl (C=O) groups is 3. The minimum atomic E-state index is -0.725. The summed E-state index contributed by atoms with van der Waals surface area (Å²) >= 11 is 2.93.